The average molecular weight is 184 g/mol. The van der Waals surface area contributed by atoms with Crippen LogP contribution in [0.1, 0.15) is 5.82 Å². The molecule has 1 aromatic heterocycles. The minimum atomic E-state index is -0.325. The Kier molecular flexibility index (Phi) is 2.93. The molecule has 7 heteroatoms. The highest BCUT2D eigenvalue weighted by Crippen LogP contribution is 1.99. The van der Waals surface area contributed by atoms with Crippen LogP contribution in [0.5, 0.6) is 0 Å². The van der Waals surface area contributed by atoms with Gasteiger partial charge >= 0.3 is 0 Å². The van der Waals surface area contributed by atoms with Gasteiger partial charge in [0.05, 0.1) is 13.1 Å². The van der Waals surface area contributed by atoms with Gasteiger partial charge in [-0.25, -0.2) is 4.68 Å². The minimum Gasteiger partial charge on any atom is -0.324 e. The molecule has 1 amide bonds. The molecule has 0 aliphatic heterocycles. The summed E-state index contributed by atoms with van der Waals surface area (Å²) in [6, 6.07) is 0. The molecule has 0 aromatic carbocycles. The summed E-state index contributed by atoms with van der Waals surface area (Å²) in [5.74, 6) is 0.514. The van der Waals surface area contributed by atoms with Gasteiger partial charge in [-0.15, -0.1) is 5.10 Å². The lowest BCUT2D eigenvalue weighted by Crippen LogP contribution is -2.22. The highest BCUT2D eigenvalue weighted by molar-refractivity contribution is 5.90. The molecule has 13 heavy (non-hydrogen) atoms. The molecule has 0 unspecified atom stereocenters. The topological polar surface area (TPSA) is 112 Å². The molecule has 0 radical (unpaired) electrons. The normalized spacial score (nSPS) is 10.1. The van der Waals surface area contributed by atoms with Gasteiger partial charge in [-0.2, -0.15) is 4.98 Å². The van der Waals surface area contributed by atoms with Crippen molar-refractivity contribution in [3.8, 4) is 0 Å². The lowest BCUT2D eigenvalue weighted by molar-refractivity contribution is -0.114. The number of nitrogens with two attached hydrogens (primary N) is 2. The third-order valence-electron chi connectivity index (χ3n) is 1.47. The van der Waals surface area contributed by atoms with Gasteiger partial charge in [0.2, 0.25) is 11.9 Å². The van der Waals surface area contributed by atoms with Gasteiger partial charge in [-0.3, -0.25) is 10.1 Å². The maximum Gasteiger partial charge on any atom is 0.249 e. The van der Waals surface area contributed by atoms with Crippen molar-refractivity contribution < 1.29 is 4.79 Å². The zero-order chi connectivity index (χ0) is 9.84. The van der Waals surface area contributed by atoms with Crippen LogP contribution in [-0.4, -0.2) is 27.2 Å². The second kappa shape index (κ2) is 3.97. The zero-order valence-corrected chi connectivity index (χ0v) is 7.32. The number of aryl methyl sites for hydroxylation is 1. The van der Waals surface area contributed by atoms with E-state index in [-0.39, 0.29) is 24.9 Å². The summed E-state index contributed by atoms with van der Waals surface area (Å²) < 4.78 is 1.51. The van der Waals surface area contributed by atoms with Crippen molar-refractivity contribution in [3.05, 3.63) is 5.82 Å². The molecule has 72 valence electrons. The molecule has 0 fully saturated rings. The smallest absolute Gasteiger partial charge is 0.249 e. The Balaban J connectivity index is 2.73. The number of anilines is 1. The average Bonchev–Trinajstić information content (AvgIpc) is 2.46. The van der Waals surface area contributed by atoms with Crippen LogP contribution in [0.25, 0.3) is 0 Å². The van der Waals surface area contributed by atoms with E-state index in [9.17, 15) is 4.79 Å². The summed E-state index contributed by atoms with van der Waals surface area (Å²) in [5.41, 5.74) is 10.5. The number of carbonyl (C=O) groups excluding carboxylic acids is 1. The monoisotopic (exact) mass is 184 g/mol. The van der Waals surface area contributed by atoms with Crippen LogP contribution in [0.2, 0.25) is 0 Å². The third-order valence-corrected chi connectivity index (χ3v) is 1.47. The summed E-state index contributed by atoms with van der Waals surface area (Å²) in [6.45, 7) is 0.193. The van der Waals surface area contributed by atoms with Crippen LogP contribution in [-0.2, 0) is 18.4 Å². The van der Waals surface area contributed by atoms with Gasteiger partial charge in [0.1, 0.15) is 5.82 Å². The summed E-state index contributed by atoms with van der Waals surface area (Å²) in [6.07, 6.45) is 0. The minimum absolute atomic E-state index is 0.0871. The number of hydrogen-bond acceptors (Lipinski definition) is 5. The van der Waals surface area contributed by atoms with E-state index in [0.717, 1.165) is 0 Å². The first kappa shape index (κ1) is 9.62. The fraction of sp³-hybridized carbons (Fsp3) is 0.500. The lowest BCUT2D eigenvalue weighted by Gasteiger charge is -1.94. The molecule has 0 saturated carbocycles. The zero-order valence-electron chi connectivity index (χ0n) is 7.32. The number of hydrogen-bond donors (Lipinski definition) is 3. The number of rotatable bonds is 3. The van der Waals surface area contributed by atoms with E-state index in [1.165, 1.54) is 4.68 Å². The van der Waals surface area contributed by atoms with Crippen molar-refractivity contribution >= 4 is 11.9 Å². The fourth-order valence-corrected chi connectivity index (χ4v) is 0.823. The molecule has 1 aromatic rings. The molecule has 5 N–H and O–H groups in total. The number of nitrogens with zero attached hydrogens (tertiary/aromatic N) is 3. The van der Waals surface area contributed by atoms with Crippen molar-refractivity contribution in [2.75, 3.05) is 11.9 Å². The predicted molar refractivity (Wildman–Crippen MR) is 46.6 cm³/mol. The number of aromatic nitrogens is 3. The summed E-state index contributed by atoms with van der Waals surface area (Å²) in [5, 5.41) is 6.33. The molecular formula is C6H12N6O. The van der Waals surface area contributed by atoms with E-state index in [0.29, 0.717) is 5.82 Å². The highest BCUT2D eigenvalue weighted by atomic mass is 16.2. The van der Waals surface area contributed by atoms with Crippen molar-refractivity contribution in [2.24, 2.45) is 18.5 Å². The molecule has 7 nitrogen and oxygen atoms in total. The van der Waals surface area contributed by atoms with Crippen LogP contribution < -0.4 is 16.8 Å². The maximum atomic E-state index is 10.8. The largest absolute Gasteiger partial charge is 0.324 e. The van der Waals surface area contributed by atoms with E-state index in [1.54, 1.807) is 7.05 Å². The quantitative estimate of drug-likeness (QED) is 0.511. The standard InChI is InChI=1S/C6H12N6O/c1-12-4(2-7)9-6(11-12)10-5(13)3-8/h2-3,7-8H2,1H3,(H,10,11,13). The molecule has 0 bridgehead atoms. The summed E-state index contributed by atoms with van der Waals surface area (Å²) in [7, 11) is 1.70. The molecule has 1 heterocycles. The highest BCUT2D eigenvalue weighted by Gasteiger charge is 2.07. The summed E-state index contributed by atoms with van der Waals surface area (Å²) in [4.78, 5) is 14.8. The second-order valence-corrected chi connectivity index (χ2v) is 2.43. The SMILES string of the molecule is Cn1nc(NC(=O)CN)nc1CN. The lowest BCUT2D eigenvalue weighted by atomic mass is 10.6. The van der Waals surface area contributed by atoms with Crippen molar-refractivity contribution in [1.82, 2.24) is 14.8 Å². The van der Waals surface area contributed by atoms with Gasteiger partial charge < -0.3 is 11.5 Å². The predicted octanol–water partition coefficient (Wildman–Crippen LogP) is -1.83. The van der Waals surface area contributed by atoms with E-state index in [1.807, 2.05) is 0 Å². The molecule has 0 aliphatic carbocycles. The van der Waals surface area contributed by atoms with Crippen LogP contribution in [0, 0.1) is 0 Å². The van der Waals surface area contributed by atoms with Gasteiger partial charge in [-0.05, 0) is 0 Å². The van der Waals surface area contributed by atoms with E-state index in [2.05, 4.69) is 15.4 Å². The number of amides is 1. The van der Waals surface area contributed by atoms with Crippen LogP contribution >= 0.6 is 0 Å². The van der Waals surface area contributed by atoms with Gasteiger partial charge in [-0.1, -0.05) is 0 Å². The first-order valence-electron chi connectivity index (χ1n) is 3.77. The van der Waals surface area contributed by atoms with Crippen molar-refractivity contribution in [2.45, 2.75) is 6.54 Å². The van der Waals surface area contributed by atoms with Crippen LogP contribution in [0.4, 0.5) is 5.95 Å². The van der Waals surface area contributed by atoms with Crippen LogP contribution in [0.15, 0.2) is 0 Å². The molecule has 0 spiro atoms. The Hall–Kier alpha value is -1.47. The first-order chi connectivity index (χ1) is 6.17. The van der Waals surface area contributed by atoms with Crippen molar-refractivity contribution in [3.63, 3.8) is 0 Å². The second-order valence-electron chi connectivity index (χ2n) is 2.43. The Morgan fingerprint density at radius 2 is 2.31 bits per heavy atom. The Labute approximate surface area is 75.1 Å². The van der Waals surface area contributed by atoms with E-state index in [4.69, 9.17) is 11.5 Å². The van der Waals surface area contributed by atoms with Gasteiger partial charge in [0.15, 0.2) is 0 Å². The molecular weight excluding hydrogens is 172 g/mol. The Morgan fingerprint density at radius 1 is 1.62 bits per heavy atom. The molecule has 0 saturated heterocycles. The summed E-state index contributed by atoms with van der Waals surface area (Å²) >= 11 is 0. The van der Waals surface area contributed by atoms with E-state index < -0.39 is 0 Å². The van der Waals surface area contributed by atoms with Gasteiger partial charge in [0, 0.05) is 7.05 Å². The number of carbonyl (C=O) groups is 1. The Bertz CT molecular complexity index is 306. The van der Waals surface area contributed by atoms with Gasteiger partial charge in [0.25, 0.3) is 0 Å². The van der Waals surface area contributed by atoms with E-state index >= 15 is 0 Å². The third kappa shape index (κ3) is 2.23. The molecule has 1 rings (SSSR count). The first-order valence-corrected chi connectivity index (χ1v) is 3.77. The number of nitrogens with one attached hydrogen (secondary N) is 1. The van der Waals surface area contributed by atoms with Crippen LogP contribution in [0.3, 0.4) is 0 Å². The molecule has 0 aliphatic rings. The Morgan fingerprint density at radius 3 is 2.77 bits per heavy atom. The van der Waals surface area contributed by atoms with Crippen molar-refractivity contribution in [1.29, 1.82) is 0 Å². The fourth-order valence-electron chi connectivity index (χ4n) is 0.823. The maximum absolute atomic E-state index is 10.8. The molecule has 0 atom stereocenters.